The van der Waals surface area contributed by atoms with Crippen molar-refractivity contribution < 1.29 is 12.6 Å². The Morgan fingerprint density at radius 1 is 0.773 bits per heavy atom. The third kappa shape index (κ3) is 3.80. The summed E-state index contributed by atoms with van der Waals surface area (Å²) < 4.78 is 33.1. The van der Waals surface area contributed by atoms with Crippen molar-refractivity contribution in [1.29, 1.82) is 0 Å². The van der Waals surface area contributed by atoms with Gasteiger partial charge in [-0.15, -0.1) is 0 Å². The van der Waals surface area contributed by atoms with Gasteiger partial charge in [0.15, 0.2) is 5.75 Å². The van der Waals surface area contributed by atoms with Crippen LogP contribution >= 0.6 is 79.6 Å². The molecule has 0 fully saturated rings. The molecule has 118 valence electrons. The van der Waals surface area contributed by atoms with Gasteiger partial charge in [-0.2, -0.15) is 8.42 Å². The van der Waals surface area contributed by atoms with E-state index in [0.29, 0.717) is 17.9 Å². The van der Waals surface area contributed by atoms with Crippen LogP contribution in [0.5, 0.6) is 5.75 Å². The number of hydrogen-bond donors (Lipinski definition) is 0. The zero-order valence-corrected chi connectivity index (χ0v) is 19.6. The monoisotopic (exact) mass is 638 g/mol. The van der Waals surface area contributed by atoms with Crippen LogP contribution in [0.3, 0.4) is 0 Å². The fraction of sp³-hybridized carbons (Fsp3) is 0.0769. The van der Waals surface area contributed by atoms with E-state index in [9.17, 15) is 8.42 Å². The highest BCUT2D eigenvalue weighted by Gasteiger charge is 2.24. The smallest absolute Gasteiger partial charge is 0.339 e. The van der Waals surface area contributed by atoms with E-state index in [-0.39, 0.29) is 10.6 Å². The maximum absolute atomic E-state index is 12.4. The minimum Gasteiger partial charge on any atom is -0.376 e. The molecule has 0 heterocycles. The molecule has 0 radical (unpaired) electrons. The third-order valence-corrected chi connectivity index (χ3v) is 9.93. The average Bonchev–Trinajstić information content (AvgIpc) is 2.48. The maximum Gasteiger partial charge on any atom is 0.339 e. The highest BCUT2D eigenvalue weighted by molar-refractivity contribution is 9.15. The van der Waals surface area contributed by atoms with Crippen LogP contribution in [0.1, 0.15) is 5.56 Å². The van der Waals surface area contributed by atoms with E-state index in [1.807, 2.05) is 6.92 Å². The molecule has 0 aromatic heterocycles. The van der Waals surface area contributed by atoms with Crippen molar-refractivity contribution in [2.45, 2.75) is 11.8 Å². The maximum atomic E-state index is 12.4. The van der Waals surface area contributed by atoms with E-state index in [0.717, 1.165) is 10.0 Å². The molecule has 0 unspecified atom stereocenters. The lowest BCUT2D eigenvalue weighted by atomic mass is 10.2. The summed E-state index contributed by atoms with van der Waals surface area (Å²) in [6.45, 7) is 1.88. The molecule has 0 atom stereocenters. The molecular weight excluding hydrogens is 636 g/mol. The Hall–Kier alpha value is 0.590. The van der Waals surface area contributed by atoms with E-state index < -0.39 is 10.1 Å². The van der Waals surface area contributed by atoms with Gasteiger partial charge in [0, 0.05) is 4.47 Å². The van der Waals surface area contributed by atoms with Gasteiger partial charge in [0.2, 0.25) is 0 Å². The molecule has 0 aliphatic rings. The quantitative estimate of drug-likeness (QED) is 0.216. The normalized spacial score (nSPS) is 11.5. The first-order valence-electron chi connectivity index (χ1n) is 5.67. The summed E-state index contributed by atoms with van der Waals surface area (Å²) >= 11 is 16.8. The van der Waals surface area contributed by atoms with E-state index in [4.69, 9.17) is 4.18 Å². The van der Waals surface area contributed by atoms with Gasteiger partial charge >= 0.3 is 10.1 Å². The first-order chi connectivity index (χ1) is 10.1. The van der Waals surface area contributed by atoms with Crippen molar-refractivity contribution in [1.82, 2.24) is 0 Å². The molecule has 0 aliphatic heterocycles. The van der Waals surface area contributed by atoms with Crippen LogP contribution in [0.15, 0.2) is 51.5 Å². The highest BCUT2D eigenvalue weighted by Crippen LogP contribution is 2.49. The van der Waals surface area contributed by atoms with E-state index in [1.165, 1.54) is 12.1 Å². The lowest BCUT2D eigenvalue weighted by Gasteiger charge is -2.14. The molecule has 22 heavy (non-hydrogen) atoms. The predicted molar refractivity (Wildman–Crippen MR) is 104 cm³/mol. The molecule has 0 saturated heterocycles. The number of hydrogen-bond acceptors (Lipinski definition) is 3. The fourth-order valence-electron chi connectivity index (χ4n) is 1.52. The summed E-state index contributed by atoms with van der Waals surface area (Å²) in [6.07, 6.45) is 0. The van der Waals surface area contributed by atoms with Crippen molar-refractivity contribution in [3.8, 4) is 5.75 Å². The zero-order valence-electron chi connectivity index (χ0n) is 10.8. The van der Waals surface area contributed by atoms with Crippen LogP contribution in [-0.2, 0) is 10.1 Å². The second-order valence-electron chi connectivity index (χ2n) is 4.25. The van der Waals surface area contributed by atoms with Gasteiger partial charge < -0.3 is 4.18 Å². The fourth-order valence-corrected chi connectivity index (χ4v) is 5.86. The average molecular weight is 643 g/mol. The summed E-state index contributed by atoms with van der Waals surface area (Å²) in [5.41, 5.74) is 0.968. The molecule has 0 bridgehead atoms. The molecule has 0 saturated carbocycles. The van der Waals surface area contributed by atoms with Crippen molar-refractivity contribution in [3.63, 3.8) is 0 Å². The molecule has 2 rings (SSSR count). The summed E-state index contributed by atoms with van der Waals surface area (Å²) in [5.74, 6) is 0.155. The Balaban J connectivity index is 2.53. The van der Waals surface area contributed by atoms with Gasteiger partial charge in [0.25, 0.3) is 0 Å². The minimum atomic E-state index is -3.94. The second kappa shape index (κ2) is 7.23. The van der Waals surface area contributed by atoms with Crippen LogP contribution < -0.4 is 4.18 Å². The molecule has 0 aliphatic carbocycles. The largest absolute Gasteiger partial charge is 0.376 e. The Labute approximate surface area is 170 Å². The SMILES string of the molecule is Cc1ccc(S(=O)(=O)Oc2c(Br)c(Br)c(Br)c(Br)c2Br)cc1. The molecule has 9 heteroatoms. The third-order valence-electron chi connectivity index (χ3n) is 2.67. The molecule has 3 nitrogen and oxygen atoms in total. The minimum absolute atomic E-state index is 0.0899. The number of aryl methyl sites for hydroxylation is 1. The summed E-state index contributed by atoms with van der Waals surface area (Å²) in [6, 6.07) is 6.45. The molecule has 2 aromatic carbocycles. The lowest BCUT2D eigenvalue weighted by molar-refractivity contribution is 0.482. The van der Waals surface area contributed by atoms with Crippen LogP contribution in [0, 0.1) is 6.92 Å². The Morgan fingerprint density at radius 3 is 1.64 bits per heavy atom. The van der Waals surface area contributed by atoms with Crippen molar-refractivity contribution in [2.75, 3.05) is 0 Å². The van der Waals surface area contributed by atoms with Gasteiger partial charge in [-0.1, -0.05) is 17.7 Å². The topological polar surface area (TPSA) is 43.4 Å². The van der Waals surface area contributed by atoms with Crippen LogP contribution in [0.25, 0.3) is 0 Å². The van der Waals surface area contributed by atoms with Crippen molar-refractivity contribution >= 4 is 89.8 Å². The van der Waals surface area contributed by atoms with Gasteiger partial charge in [0.05, 0.1) is 17.9 Å². The Bertz CT molecular complexity index is 803. The molecule has 0 amide bonds. The van der Waals surface area contributed by atoms with Crippen molar-refractivity contribution in [3.05, 3.63) is 52.2 Å². The number of benzene rings is 2. The Kier molecular flexibility index (Phi) is 6.22. The van der Waals surface area contributed by atoms with Crippen molar-refractivity contribution in [2.24, 2.45) is 0 Å². The molecule has 0 spiro atoms. The van der Waals surface area contributed by atoms with Crippen LogP contribution in [-0.4, -0.2) is 8.42 Å². The lowest BCUT2D eigenvalue weighted by Crippen LogP contribution is -2.11. The molecule has 0 N–H and O–H groups in total. The van der Waals surface area contributed by atoms with Gasteiger partial charge in [-0.25, -0.2) is 0 Å². The standard InChI is InChI=1S/C13H7Br5O3S/c1-6-2-4-7(5-3-6)22(19,20)21-13-11(17)9(15)8(14)10(16)12(13)18/h2-5H,1H3. The summed E-state index contributed by atoms with van der Waals surface area (Å²) in [5, 5.41) is 0. The Morgan fingerprint density at radius 2 is 1.18 bits per heavy atom. The second-order valence-corrected chi connectivity index (χ2v) is 9.76. The van der Waals surface area contributed by atoms with E-state index >= 15 is 0 Å². The summed E-state index contributed by atoms with van der Waals surface area (Å²) in [7, 11) is -3.94. The van der Waals surface area contributed by atoms with Crippen LogP contribution in [0.2, 0.25) is 0 Å². The van der Waals surface area contributed by atoms with Crippen LogP contribution in [0.4, 0.5) is 0 Å². The van der Waals surface area contributed by atoms with Gasteiger partial charge in [0.1, 0.15) is 4.90 Å². The number of halogens is 5. The van der Waals surface area contributed by atoms with E-state index in [1.54, 1.807) is 12.1 Å². The molecular formula is C13H7Br5O3S. The summed E-state index contributed by atoms with van der Waals surface area (Å²) in [4.78, 5) is 0.0899. The first kappa shape index (κ1) is 18.9. The predicted octanol–water partition coefficient (Wildman–Crippen LogP) is 6.58. The first-order valence-corrected chi connectivity index (χ1v) is 11.0. The highest BCUT2D eigenvalue weighted by atomic mass is 79.9. The number of rotatable bonds is 3. The van der Waals surface area contributed by atoms with Gasteiger partial charge in [-0.05, 0) is 98.7 Å². The van der Waals surface area contributed by atoms with Gasteiger partial charge in [-0.3, -0.25) is 0 Å². The molecule has 2 aromatic rings. The zero-order chi connectivity index (χ0) is 16.7. The van der Waals surface area contributed by atoms with E-state index in [2.05, 4.69) is 79.6 Å².